The number of benzene rings is 2. The molecule has 2 heterocycles. The topological polar surface area (TPSA) is 57.7 Å². The van der Waals surface area contributed by atoms with Crippen molar-refractivity contribution in [3.8, 4) is 0 Å². The van der Waals surface area contributed by atoms with E-state index in [2.05, 4.69) is 0 Å². The van der Waals surface area contributed by atoms with Gasteiger partial charge in [0, 0.05) is 18.5 Å². The summed E-state index contributed by atoms with van der Waals surface area (Å²) in [5.41, 5.74) is 2.58. The molecule has 0 radical (unpaired) electrons. The molecular formula is C20H14N2O3S2. The van der Waals surface area contributed by atoms with Crippen LogP contribution in [0.25, 0.3) is 6.08 Å². The van der Waals surface area contributed by atoms with Crippen molar-refractivity contribution in [1.82, 2.24) is 4.31 Å². The molecule has 5 nitrogen and oxygen atoms in total. The minimum atomic E-state index is -0.330. The van der Waals surface area contributed by atoms with E-state index in [0.29, 0.717) is 33.1 Å². The number of thiocarbonyl (C=S) groups is 1. The molecule has 0 unspecified atom stereocenters. The third-order valence-electron chi connectivity index (χ3n) is 4.41. The molecular weight excluding hydrogens is 380 g/mol. The number of hydrogen-bond acceptors (Lipinski definition) is 5. The van der Waals surface area contributed by atoms with Gasteiger partial charge in [0.15, 0.2) is 0 Å². The summed E-state index contributed by atoms with van der Waals surface area (Å²) in [5.74, 6) is -0.760. The zero-order valence-electron chi connectivity index (χ0n) is 14.3. The molecule has 2 aromatic carbocycles. The first-order valence-corrected chi connectivity index (χ1v) is 9.53. The van der Waals surface area contributed by atoms with Crippen molar-refractivity contribution in [2.24, 2.45) is 0 Å². The molecule has 0 atom stereocenters. The van der Waals surface area contributed by atoms with Crippen molar-refractivity contribution in [3.05, 3.63) is 70.8 Å². The van der Waals surface area contributed by atoms with Gasteiger partial charge >= 0.3 is 0 Å². The van der Waals surface area contributed by atoms with Crippen molar-refractivity contribution < 1.29 is 14.4 Å². The Morgan fingerprint density at radius 3 is 2.04 bits per heavy atom. The fourth-order valence-corrected chi connectivity index (χ4v) is 4.22. The predicted molar refractivity (Wildman–Crippen MR) is 110 cm³/mol. The van der Waals surface area contributed by atoms with Gasteiger partial charge in [0.2, 0.25) is 0 Å². The Hall–Kier alpha value is -2.77. The molecule has 0 bridgehead atoms. The number of fused-ring (bicyclic) bond motifs is 1. The molecule has 3 amide bonds. The number of carbonyl (C=O) groups is 3. The maximum Gasteiger partial charge on any atom is 0.266 e. The van der Waals surface area contributed by atoms with Gasteiger partial charge in [0.25, 0.3) is 17.7 Å². The first-order valence-electron chi connectivity index (χ1n) is 8.35. The van der Waals surface area contributed by atoms with Gasteiger partial charge in [-0.1, -0.05) is 36.5 Å². The largest absolute Gasteiger partial charge is 0.278 e. The van der Waals surface area contributed by atoms with Crippen LogP contribution in [-0.2, 0) is 4.79 Å². The van der Waals surface area contributed by atoms with Crippen LogP contribution in [0.1, 0.15) is 33.2 Å². The second-order valence-electron chi connectivity index (χ2n) is 6.02. The SMILES string of the molecule is CCN1SC(=S)C(=Cc2ccc(N3C(=O)c4ccccc4C3=O)cc2)C1=O. The van der Waals surface area contributed by atoms with Crippen LogP contribution in [0.2, 0.25) is 0 Å². The summed E-state index contributed by atoms with van der Waals surface area (Å²) < 4.78 is 2.16. The van der Waals surface area contributed by atoms with Crippen LogP contribution in [0.5, 0.6) is 0 Å². The maximum atomic E-state index is 12.5. The van der Waals surface area contributed by atoms with E-state index in [1.54, 1.807) is 58.9 Å². The quantitative estimate of drug-likeness (QED) is 0.344. The van der Waals surface area contributed by atoms with E-state index >= 15 is 0 Å². The number of amides is 3. The molecule has 134 valence electrons. The van der Waals surface area contributed by atoms with Gasteiger partial charge in [-0.15, -0.1) is 0 Å². The summed E-state index contributed by atoms with van der Waals surface area (Å²) in [4.78, 5) is 38.6. The van der Waals surface area contributed by atoms with Gasteiger partial charge in [-0.25, -0.2) is 4.90 Å². The highest BCUT2D eigenvalue weighted by atomic mass is 32.2. The molecule has 27 heavy (non-hydrogen) atoms. The van der Waals surface area contributed by atoms with Gasteiger partial charge in [-0.05, 0) is 42.8 Å². The number of likely N-dealkylation sites (N-methyl/N-ethyl adjacent to an activating group) is 1. The fraction of sp³-hybridized carbons (Fsp3) is 0.100. The van der Waals surface area contributed by atoms with Crippen LogP contribution in [0.4, 0.5) is 5.69 Å². The summed E-state index contributed by atoms with van der Waals surface area (Å²) in [5, 5.41) is 0. The summed E-state index contributed by atoms with van der Waals surface area (Å²) in [6, 6.07) is 13.7. The van der Waals surface area contributed by atoms with Crippen LogP contribution in [0.15, 0.2) is 54.1 Å². The standard InChI is InChI=1S/C20H14N2O3S2/c1-2-21-17(23)16(20(26)27-21)11-12-7-9-13(10-8-12)22-18(24)14-5-3-4-6-15(14)19(22)25/h3-11H,2H2,1H3. The average Bonchev–Trinajstić information content (AvgIpc) is 3.10. The van der Waals surface area contributed by atoms with Crippen molar-refractivity contribution in [2.45, 2.75) is 6.92 Å². The number of rotatable bonds is 3. The Bertz CT molecular complexity index is 993. The number of nitrogens with zero attached hydrogens (tertiary/aromatic N) is 2. The van der Waals surface area contributed by atoms with Gasteiger partial charge in [0.1, 0.15) is 4.20 Å². The normalized spacial score (nSPS) is 18.0. The molecule has 0 N–H and O–H groups in total. The number of imide groups is 1. The highest BCUT2D eigenvalue weighted by molar-refractivity contribution is 8.23. The zero-order valence-corrected chi connectivity index (χ0v) is 16.0. The molecule has 1 saturated heterocycles. The first kappa shape index (κ1) is 17.6. The van der Waals surface area contributed by atoms with Gasteiger partial charge in [-0.3, -0.25) is 18.7 Å². The Labute approximate surface area is 165 Å². The Morgan fingerprint density at radius 1 is 0.926 bits per heavy atom. The molecule has 0 saturated carbocycles. The van der Waals surface area contributed by atoms with E-state index in [1.807, 2.05) is 6.92 Å². The molecule has 2 aliphatic heterocycles. The lowest BCUT2D eigenvalue weighted by Crippen LogP contribution is -2.29. The highest BCUT2D eigenvalue weighted by Gasteiger charge is 2.36. The average molecular weight is 394 g/mol. The van der Waals surface area contributed by atoms with Gasteiger partial charge in [-0.2, -0.15) is 0 Å². The number of anilines is 1. The third kappa shape index (κ3) is 2.89. The van der Waals surface area contributed by atoms with Crippen molar-refractivity contribution in [2.75, 3.05) is 11.4 Å². The molecule has 4 rings (SSSR count). The zero-order chi connectivity index (χ0) is 19.1. The number of carbonyl (C=O) groups excluding carboxylic acids is 3. The molecule has 0 spiro atoms. The lowest BCUT2D eigenvalue weighted by molar-refractivity contribution is -0.121. The van der Waals surface area contributed by atoms with Gasteiger partial charge in [0.05, 0.1) is 22.4 Å². The molecule has 7 heteroatoms. The van der Waals surface area contributed by atoms with E-state index in [4.69, 9.17) is 12.2 Å². The Balaban J connectivity index is 1.62. The van der Waals surface area contributed by atoms with Crippen LogP contribution >= 0.6 is 24.2 Å². The van der Waals surface area contributed by atoms with Crippen LogP contribution in [-0.4, -0.2) is 32.8 Å². The molecule has 0 aromatic heterocycles. The van der Waals surface area contributed by atoms with E-state index in [9.17, 15) is 14.4 Å². The van der Waals surface area contributed by atoms with Crippen molar-refractivity contribution in [3.63, 3.8) is 0 Å². The lowest BCUT2D eigenvalue weighted by atomic mass is 10.1. The van der Waals surface area contributed by atoms with Crippen molar-refractivity contribution >= 4 is 57.8 Å². The minimum absolute atomic E-state index is 0.100. The third-order valence-corrected chi connectivity index (χ3v) is 5.89. The molecule has 2 aromatic rings. The van der Waals surface area contributed by atoms with E-state index in [1.165, 1.54) is 16.8 Å². The minimum Gasteiger partial charge on any atom is -0.278 e. The van der Waals surface area contributed by atoms with E-state index < -0.39 is 0 Å². The highest BCUT2D eigenvalue weighted by Crippen LogP contribution is 2.32. The monoisotopic (exact) mass is 394 g/mol. The van der Waals surface area contributed by atoms with Crippen LogP contribution < -0.4 is 4.90 Å². The van der Waals surface area contributed by atoms with Crippen LogP contribution in [0, 0.1) is 0 Å². The Kier molecular flexibility index (Phi) is 4.41. The fourth-order valence-electron chi connectivity index (χ4n) is 3.05. The molecule has 1 fully saturated rings. The predicted octanol–water partition coefficient (Wildman–Crippen LogP) is 3.71. The molecule has 0 aliphatic carbocycles. The lowest BCUT2D eigenvalue weighted by Gasteiger charge is -2.14. The Morgan fingerprint density at radius 2 is 1.52 bits per heavy atom. The summed E-state index contributed by atoms with van der Waals surface area (Å²) in [6.45, 7) is 2.48. The summed E-state index contributed by atoms with van der Waals surface area (Å²) in [7, 11) is 0. The van der Waals surface area contributed by atoms with Crippen LogP contribution in [0.3, 0.4) is 0 Å². The van der Waals surface area contributed by atoms with Crippen molar-refractivity contribution in [1.29, 1.82) is 0 Å². The second kappa shape index (κ2) is 6.75. The summed E-state index contributed by atoms with van der Waals surface area (Å²) in [6.07, 6.45) is 1.74. The first-order chi connectivity index (χ1) is 13.0. The number of hydrogen-bond donors (Lipinski definition) is 0. The van der Waals surface area contributed by atoms with E-state index in [0.717, 1.165) is 5.56 Å². The summed E-state index contributed by atoms with van der Waals surface area (Å²) >= 11 is 6.55. The maximum absolute atomic E-state index is 12.5. The van der Waals surface area contributed by atoms with E-state index in [-0.39, 0.29) is 17.7 Å². The second-order valence-corrected chi connectivity index (χ2v) is 7.72. The van der Waals surface area contributed by atoms with Gasteiger partial charge < -0.3 is 0 Å². The molecule has 2 aliphatic rings. The smallest absolute Gasteiger partial charge is 0.266 e.